The molecule has 3 rings (SSSR count). The lowest BCUT2D eigenvalue weighted by atomic mass is 10.4. The van der Waals surface area contributed by atoms with Gasteiger partial charge in [0.25, 0.3) is 0 Å². The maximum Gasteiger partial charge on any atom is 0.501 e. The summed E-state index contributed by atoms with van der Waals surface area (Å²) in [6, 6.07) is 34.0. The summed E-state index contributed by atoms with van der Waals surface area (Å²) in [7, 11) is -3.31. The molecule has 0 N–H and O–H groups in total. The predicted molar refractivity (Wildman–Crippen MR) is 157 cm³/mol. The van der Waals surface area contributed by atoms with Gasteiger partial charge in [0, 0.05) is 25.9 Å². The fraction of sp³-hybridized carbons (Fsp3) is 0.379. The molecule has 0 aliphatic rings. The molecule has 188 valence electrons. The zero-order valence-corrected chi connectivity index (χ0v) is 24.2. The topological polar surface area (TPSA) is 27.7 Å². The summed E-state index contributed by atoms with van der Waals surface area (Å²) in [5.41, 5.74) is 0. The highest BCUT2D eigenvalue weighted by atomic mass is 31.1. The summed E-state index contributed by atoms with van der Waals surface area (Å²) < 4.78 is 18.5. The second kappa shape index (κ2) is 15.7. The Labute approximate surface area is 216 Å². The molecule has 0 aliphatic heterocycles. The molecule has 0 aromatic heterocycles. The van der Waals surface area contributed by atoms with E-state index in [-0.39, 0.29) is 15.8 Å². The van der Waals surface area contributed by atoms with E-state index in [0.717, 1.165) is 12.2 Å². The number of benzene rings is 3. The lowest BCUT2D eigenvalue weighted by Gasteiger charge is -2.30. The van der Waals surface area contributed by atoms with Crippen LogP contribution in [-0.4, -0.2) is 47.1 Å². The van der Waals surface area contributed by atoms with Gasteiger partial charge in [-0.25, -0.2) is 0 Å². The fourth-order valence-corrected chi connectivity index (χ4v) is 13.0. The van der Waals surface area contributed by atoms with Crippen molar-refractivity contribution < 1.29 is 13.3 Å². The molecule has 3 aromatic carbocycles. The van der Waals surface area contributed by atoms with Gasteiger partial charge in [0.1, 0.15) is 0 Å². The lowest BCUT2D eigenvalue weighted by Crippen LogP contribution is -2.46. The smallest absolute Gasteiger partial charge is 0.374 e. The van der Waals surface area contributed by atoms with E-state index in [1.807, 2.05) is 20.8 Å². The van der Waals surface area contributed by atoms with Crippen LogP contribution in [-0.2, 0) is 13.3 Å². The van der Waals surface area contributed by atoms with Crippen molar-refractivity contribution in [2.24, 2.45) is 0 Å². The second-order valence-corrected chi connectivity index (χ2v) is 15.8. The van der Waals surface area contributed by atoms with E-state index in [4.69, 9.17) is 13.3 Å². The minimum absolute atomic E-state index is 0.316. The third-order valence-electron chi connectivity index (χ3n) is 5.85. The number of hydrogen-bond acceptors (Lipinski definition) is 3. The first-order valence-electron chi connectivity index (χ1n) is 12.8. The SMILES string of the molecule is CCO[Si](CCP(CCCP(c1ccccc1)c1ccccc1)c1ccccc1)(OCC)OCC. The first kappa shape index (κ1) is 28.2. The Kier molecular flexibility index (Phi) is 12.6. The summed E-state index contributed by atoms with van der Waals surface area (Å²) in [5.74, 6) is 0. The van der Waals surface area contributed by atoms with E-state index in [1.165, 1.54) is 34.7 Å². The highest BCUT2D eigenvalue weighted by Crippen LogP contribution is 2.41. The van der Waals surface area contributed by atoms with Crippen molar-refractivity contribution >= 4 is 40.6 Å². The molecular weight excluding hydrogens is 486 g/mol. The molecule has 3 aromatic rings. The molecule has 0 aliphatic carbocycles. The summed E-state index contributed by atoms with van der Waals surface area (Å²) >= 11 is 0. The molecule has 35 heavy (non-hydrogen) atoms. The monoisotopic (exact) mass is 526 g/mol. The van der Waals surface area contributed by atoms with E-state index < -0.39 is 8.80 Å². The van der Waals surface area contributed by atoms with Gasteiger partial charge in [0.2, 0.25) is 0 Å². The summed E-state index contributed by atoms with van der Waals surface area (Å²) in [6.07, 6.45) is 4.72. The fourth-order valence-electron chi connectivity index (χ4n) is 4.32. The van der Waals surface area contributed by atoms with Crippen molar-refractivity contribution in [3.8, 4) is 0 Å². The molecule has 0 saturated heterocycles. The van der Waals surface area contributed by atoms with Crippen LogP contribution in [0.1, 0.15) is 27.2 Å². The van der Waals surface area contributed by atoms with Gasteiger partial charge in [-0.3, -0.25) is 0 Å². The van der Waals surface area contributed by atoms with Crippen molar-refractivity contribution in [2.45, 2.75) is 33.2 Å². The summed E-state index contributed by atoms with van der Waals surface area (Å²) in [5, 5.41) is 4.40. The highest BCUT2D eigenvalue weighted by molar-refractivity contribution is 7.73. The van der Waals surface area contributed by atoms with Crippen LogP contribution in [0.5, 0.6) is 0 Å². The first-order valence-corrected chi connectivity index (χ1v) is 18.0. The number of rotatable bonds is 16. The largest absolute Gasteiger partial charge is 0.501 e. The van der Waals surface area contributed by atoms with E-state index in [0.29, 0.717) is 19.8 Å². The van der Waals surface area contributed by atoms with Crippen LogP contribution in [0.3, 0.4) is 0 Å². The lowest BCUT2D eigenvalue weighted by molar-refractivity contribution is 0.0728. The normalized spacial score (nSPS) is 12.7. The van der Waals surface area contributed by atoms with Crippen LogP contribution in [0, 0.1) is 0 Å². The van der Waals surface area contributed by atoms with Crippen LogP contribution in [0.2, 0.25) is 6.04 Å². The highest BCUT2D eigenvalue weighted by Gasteiger charge is 2.40. The van der Waals surface area contributed by atoms with Crippen molar-refractivity contribution in [3.05, 3.63) is 91.0 Å². The Balaban J connectivity index is 1.73. The quantitative estimate of drug-likeness (QED) is 0.160. The van der Waals surface area contributed by atoms with Crippen LogP contribution in [0.4, 0.5) is 0 Å². The van der Waals surface area contributed by atoms with E-state index >= 15 is 0 Å². The zero-order valence-electron chi connectivity index (χ0n) is 21.4. The minimum atomic E-state index is -2.64. The van der Waals surface area contributed by atoms with Crippen LogP contribution >= 0.6 is 15.8 Å². The average Bonchev–Trinajstić information content (AvgIpc) is 2.90. The van der Waals surface area contributed by atoms with Gasteiger partial charge in [-0.2, -0.15) is 0 Å². The molecule has 0 heterocycles. The van der Waals surface area contributed by atoms with E-state index in [1.54, 1.807) is 0 Å². The van der Waals surface area contributed by atoms with Crippen molar-refractivity contribution in [1.82, 2.24) is 0 Å². The van der Waals surface area contributed by atoms with Gasteiger partial charge in [-0.05, 0) is 69.5 Å². The Morgan fingerprint density at radius 1 is 0.543 bits per heavy atom. The molecule has 0 saturated carbocycles. The maximum atomic E-state index is 6.16. The average molecular weight is 527 g/mol. The molecule has 0 radical (unpaired) electrons. The Hall–Kier alpha value is -1.38. The van der Waals surface area contributed by atoms with E-state index in [2.05, 4.69) is 91.0 Å². The van der Waals surface area contributed by atoms with Crippen molar-refractivity contribution in [2.75, 3.05) is 38.3 Å². The molecule has 0 fully saturated rings. The van der Waals surface area contributed by atoms with Gasteiger partial charge < -0.3 is 13.3 Å². The summed E-state index contributed by atoms with van der Waals surface area (Å²) in [6.45, 7) is 8.01. The third kappa shape index (κ3) is 8.90. The third-order valence-corrected chi connectivity index (χ3v) is 14.6. The van der Waals surface area contributed by atoms with Crippen LogP contribution in [0.25, 0.3) is 0 Å². The first-order chi connectivity index (χ1) is 17.2. The van der Waals surface area contributed by atoms with Crippen LogP contribution in [0.15, 0.2) is 91.0 Å². The molecular formula is C29H40O3P2Si. The maximum absolute atomic E-state index is 6.16. The number of hydrogen-bond donors (Lipinski definition) is 0. The van der Waals surface area contributed by atoms with Crippen LogP contribution < -0.4 is 15.9 Å². The molecule has 6 heteroatoms. The van der Waals surface area contributed by atoms with Gasteiger partial charge in [0.15, 0.2) is 0 Å². The molecule has 3 nitrogen and oxygen atoms in total. The predicted octanol–water partition coefficient (Wildman–Crippen LogP) is 6.37. The minimum Gasteiger partial charge on any atom is -0.374 e. The van der Waals surface area contributed by atoms with E-state index in [9.17, 15) is 0 Å². The van der Waals surface area contributed by atoms with Gasteiger partial charge in [0.05, 0.1) is 0 Å². The Morgan fingerprint density at radius 2 is 0.971 bits per heavy atom. The molecule has 1 unspecified atom stereocenters. The van der Waals surface area contributed by atoms with Gasteiger partial charge >= 0.3 is 8.80 Å². The van der Waals surface area contributed by atoms with Gasteiger partial charge in [-0.1, -0.05) is 98.9 Å². The Morgan fingerprint density at radius 3 is 1.40 bits per heavy atom. The Bertz CT molecular complexity index is 887. The van der Waals surface area contributed by atoms with Gasteiger partial charge in [-0.15, -0.1) is 0 Å². The molecule has 0 bridgehead atoms. The molecule has 0 amide bonds. The van der Waals surface area contributed by atoms with Crippen molar-refractivity contribution in [1.29, 1.82) is 0 Å². The second-order valence-electron chi connectivity index (χ2n) is 8.23. The zero-order chi connectivity index (χ0) is 24.8. The van der Waals surface area contributed by atoms with Crippen molar-refractivity contribution in [3.63, 3.8) is 0 Å². The standard InChI is InChI=1S/C29H40O3P2Si/c1-4-30-35(31-5-2,32-6-3)26-25-33(27-17-10-7-11-18-27)23-16-24-34(28-19-12-8-13-20-28)29-21-14-9-15-22-29/h7-15,17-22H,4-6,16,23-26H2,1-3H3. The molecule has 0 spiro atoms. The molecule has 1 atom stereocenters. The summed E-state index contributed by atoms with van der Waals surface area (Å²) in [4.78, 5) is 0.